The number of hydrogen-bond donors (Lipinski definition) is 0. The molecule has 5 rings (SSSR count). The van der Waals surface area contributed by atoms with Gasteiger partial charge in [-0.3, -0.25) is 4.79 Å². The minimum absolute atomic E-state index is 0.124. The van der Waals surface area contributed by atoms with Crippen molar-refractivity contribution in [3.8, 4) is 22.9 Å². The number of benzene rings is 2. The third-order valence-electron chi connectivity index (χ3n) is 6.33. The fourth-order valence-corrected chi connectivity index (χ4v) is 5.64. The van der Waals surface area contributed by atoms with Gasteiger partial charge in [-0.1, -0.05) is 55.9 Å². The van der Waals surface area contributed by atoms with Crippen molar-refractivity contribution in [3.63, 3.8) is 0 Å². The normalized spacial score (nSPS) is 18.2. The standard InChI is InChI=1S/C26H29N5O3S/c1-16-10-17(2)14-30(13-16)23(32)15-35-26-27-20-12-22(34-4)21(33-3)11-19(20)25-28-24(29-31(25)26)18-8-6-5-7-9-18/h5-9,11-12,16-17H,10,13-15H2,1-4H3/t16-,17+. The molecule has 3 heterocycles. The number of amides is 1. The highest BCUT2D eigenvalue weighted by Gasteiger charge is 2.26. The molecule has 4 aromatic rings. The fraction of sp³-hybridized carbons (Fsp3) is 0.385. The Bertz CT molecular complexity index is 1360. The quantitative estimate of drug-likeness (QED) is 0.289. The van der Waals surface area contributed by atoms with Crippen LogP contribution in [0.5, 0.6) is 11.5 Å². The minimum Gasteiger partial charge on any atom is -0.493 e. The van der Waals surface area contributed by atoms with Crippen LogP contribution in [0, 0.1) is 11.8 Å². The number of likely N-dealkylation sites (tertiary alicyclic amines) is 1. The summed E-state index contributed by atoms with van der Waals surface area (Å²) in [4.78, 5) is 24.8. The van der Waals surface area contributed by atoms with Crippen LogP contribution in [0.1, 0.15) is 20.3 Å². The first-order valence-electron chi connectivity index (χ1n) is 11.7. The van der Waals surface area contributed by atoms with Gasteiger partial charge in [0.2, 0.25) is 5.91 Å². The summed E-state index contributed by atoms with van der Waals surface area (Å²) in [5.41, 5.74) is 2.27. The molecule has 1 amide bonds. The number of methoxy groups -OCH3 is 2. The fourth-order valence-electron chi connectivity index (χ4n) is 4.80. The number of fused-ring (bicyclic) bond motifs is 3. The monoisotopic (exact) mass is 491 g/mol. The second-order valence-corrected chi connectivity index (χ2v) is 10.1. The number of thioether (sulfide) groups is 1. The van der Waals surface area contributed by atoms with Crippen molar-refractivity contribution in [2.45, 2.75) is 25.4 Å². The van der Waals surface area contributed by atoms with Crippen LogP contribution < -0.4 is 9.47 Å². The lowest BCUT2D eigenvalue weighted by Crippen LogP contribution is -2.43. The average molecular weight is 492 g/mol. The van der Waals surface area contributed by atoms with E-state index >= 15 is 0 Å². The Labute approximate surface area is 208 Å². The van der Waals surface area contributed by atoms with Crippen LogP contribution in [0.3, 0.4) is 0 Å². The summed E-state index contributed by atoms with van der Waals surface area (Å²) in [6, 6.07) is 13.5. The van der Waals surface area contributed by atoms with Gasteiger partial charge in [0.1, 0.15) is 0 Å². The van der Waals surface area contributed by atoms with Crippen molar-refractivity contribution in [2.75, 3.05) is 33.1 Å². The lowest BCUT2D eigenvalue weighted by molar-refractivity contribution is -0.130. The third kappa shape index (κ3) is 4.65. The first kappa shape index (κ1) is 23.4. The summed E-state index contributed by atoms with van der Waals surface area (Å²) < 4.78 is 12.7. The van der Waals surface area contributed by atoms with E-state index in [1.54, 1.807) is 18.7 Å². The van der Waals surface area contributed by atoms with E-state index in [1.807, 2.05) is 47.4 Å². The highest BCUT2D eigenvalue weighted by atomic mass is 32.2. The molecule has 2 aromatic carbocycles. The zero-order valence-corrected chi connectivity index (χ0v) is 21.2. The highest BCUT2D eigenvalue weighted by molar-refractivity contribution is 7.99. The Balaban J connectivity index is 1.56. The molecule has 182 valence electrons. The molecule has 0 aliphatic carbocycles. The maximum Gasteiger partial charge on any atom is 0.233 e. The van der Waals surface area contributed by atoms with E-state index in [4.69, 9.17) is 24.5 Å². The number of carbonyl (C=O) groups is 1. The highest BCUT2D eigenvalue weighted by Crippen LogP contribution is 2.35. The molecular weight excluding hydrogens is 462 g/mol. The summed E-state index contributed by atoms with van der Waals surface area (Å²) in [6.07, 6.45) is 1.16. The molecule has 1 aliphatic rings. The second-order valence-electron chi connectivity index (χ2n) is 9.19. The van der Waals surface area contributed by atoms with E-state index in [9.17, 15) is 4.79 Å². The molecule has 9 heteroatoms. The van der Waals surface area contributed by atoms with Crippen molar-refractivity contribution < 1.29 is 14.3 Å². The van der Waals surface area contributed by atoms with Crippen LogP contribution in [0.2, 0.25) is 0 Å². The molecule has 1 fully saturated rings. The number of hydrogen-bond acceptors (Lipinski definition) is 7. The van der Waals surface area contributed by atoms with Gasteiger partial charge in [0.05, 0.1) is 25.5 Å². The van der Waals surface area contributed by atoms with Crippen molar-refractivity contribution >= 4 is 34.2 Å². The number of carbonyl (C=O) groups excluding carboxylic acids is 1. The van der Waals surface area contributed by atoms with Crippen LogP contribution in [-0.4, -0.2) is 63.5 Å². The predicted octanol–water partition coefficient (Wildman–Crippen LogP) is 4.56. The molecule has 2 atom stereocenters. The van der Waals surface area contributed by atoms with Crippen molar-refractivity contribution in [1.82, 2.24) is 24.5 Å². The molecule has 2 aromatic heterocycles. The summed E-state index contributed by atoms with van der Waals surface area (Å²) in [6.45, 7) is 6.03. The van der Waals surface area contributed by atoms with Gasteiger partial charge in [-0.15, -0.1) is 5.10 Å². The van der Waals surface area contributed by atoms with Gasteiger partial charge in [0.15, 0.2) is 28.1 Å². The van der Waals surface area contributed by atoms with E-state index in [1.165, 1.54) is 11.8 Å². The van der Waals surface area contributed by atoms with Crippen LogP contribution in [0.25, 0.3) is 27.9 Å². The molecular formula is C26H29N5O3S. The summed E-state index contributed by atoms with van der Waals surface area (Å²) in [7, 11) is 3.20. The van der Waals surface area contributed by atoms with Gasteiger partial charge in [-0.05, 0) is 24.3 Å². The number of nitrogens with zero attached hydrogens (tertiary/aromatic N) is 5. The molecule has 1 saturated heterocycles. The SMILES string of the molecule is COc1cc2nc(SCC(=O)N3C[C@H](C)C[C@H](C)C3)n3nc(-c4ccccc4)nc3c2cc1OC. The molecule has 0 saturated carbocycles. The molecule has 0 spiro atoms. The van der Waals surface area contributed by atoms with Gasteiger partial charge in [-0.25, -0.2) is 9.97 Å². The average Bonchev–Trinajstić information content (AvgIpc) is 3.32. The first-order chi connectivity index (χ1) is 17.0. The van der Waals surface area contributed by atoms with Crippen molar-refractivity contribution in [1.29, 1.82) is 0 Å². The number of ether oxygens (including phenoxy) is 2. The van der Waals surface area contributed by atoms with Crippen LogP contribution in [0.15, 0.2) is 47.6 Å². The number of rotatable bonds is 6. The van der Waals surface area contributed by atoms with Crippen molar-refractivity contribution in [3.05, 3.63) is 42.5 Å². The van der Waals surface area contributed by atoms with Crippen LogP contribution in [0.4, 0.5) is 0 Å². The second kappa shape index (κ2) is 9.73. The van der Waals surface area contributed by atoms with E-state index in [0.29, 0.717) is 51.2 Å². The van der Waals surface area contributed by atoms with Gasteiger partial charge in [0, 0.05) is 30.1 Å². The summed E-state index contributed by atoms with van der Waals surface area (Å²) in [5.74, 6) is 3.23. The molecule has 0 bridgehead atoms. The zero-order chi connectivity index (χ0) is 24.5. The number of piperidine rings is 1. The van der Waals surface area contributed by atoms with Gasteiger partial charge >= 0.3 is 0 Å². The van der Waals surface area contributed by atoms with Gasteiger partial charge < -0.3 is 14.4 Å². The van der Waals surface area contributed by atoms with Crippen LogP contribution >= 0.6 is 11.8 Å². The minimum atomic E-state index is 0.124. The van der Waals surface area contributed by atoms with Gasteiger partial charge in [0.25, 0.3) is 0 Å². The molecule has 8 nitrogen and oxygen atoms in total. The first-order valence-corrected chi connectivity index (χ1v) is 12.7. The molecule has 0 N–H and O–H groups in total. The maximum atomic E-state index is 13.1. The Kier molecular flexibility index (Phi) is 6.51. The summed E-state index contributed by atoms with van der Waals surface area (Å²) >= 11 is 1.39. The molecule has 0 unspecified atom stereocenters. The van der Waals surface area contributed by atoms with Gasteiger partial charge in [-0.2, -0.15) is 4.52 Å². The van der Waals surface area contributed by atoms with E-state index in [0.717, 1.165) is 30.5 Å². The molecule has 0 radical (unpaired) electrons. The Morgan fingerprint density at radius 1 is 1.03 bits per heavy atom. The maximum absolute atomic E-state index is 13.1. The number of aromatic nitrogens is 4. The smallest absolute Gasteiger partial charge is 0.233 e. The van der Waals surface area contributed by atoms with Crippen LogP contribution in [-0.2, 0) is 4.79 Å². The zero-order valence-electron chi connectivity index (χ0n) is 20.4. The Hall–Kier alpha value is -3.33. The molecule has 1 aliphatic heterocycles. The predicted molar refractivity (Wildman–Crippen MR) is 137 cm³/mol. The third-order valence-corrected chi connectivity index (χ3v) is 7.24. The van der Waals surface area contributed by atoms with E-state index in [2.05, 4.69) is 13.8 Å². The largest absolute Gasteiger partial charge is 0.493 e. The summed E-state index contributed by atoms with van der Waals surface area (Å²) in [5, 5.41) is 6.18. The van der Waals surface area contributed by atoms with E-state index in [-0.39, 0.29) is 5.91 Å². The Morgan fingerprint density at radius 3 is 2.40 bits per heavy atom. The lowest BCUT2D eigenvalue weighted by atomic mass is 9.92. The molecule has 35 heavy (non-hydrogen) atoms. The topological polar surface area (TPSA) is 81.9 Å². The lowest BCUT2D eigenvalue weighted by Gasteiger charge is -2.34. The Morgan fingerprint density at radius 2 is 1.71 bits per heavy atom. The van der Waals surface area contributed by atoms with Crippen molar-refractivity contribution in [2.24, 2.45) is 11.8 Å². The van der Waals surface area contributed by atoms with E-state index < -0.39 is 0 Å².